The predicted molar refractivity (Wildman–Crippen MR) is 131 cm³/mol. The first-order valence-corrected chi connectivity index (χ1v) is 11.3. The smallest absolute Gasteiger partial charge is 0.307 e. The number of H-pyrrole nitrogens is 1. The molecule has 0 bridgehead atoms. The van der Waals surface area contributed by atoms with E-state index in [2.05, 4.69) is 20.4 Å². The topological polar surface area (TPSA) is 115 Å². The molecular weight excluding hydrogens is 432 g/mol. The number of fused-ring (bicyclic) bond motifs is 1. The highest BCUT2D eigenvalue weighted by Gasteiger charge is 2.21. The minimum atomic E-state index is -0.634. The molecule has 2 N–H and O–H groups in total. The monoisotopic (exact) mass is 460 g/mol. The number of aromatic nitrogens is 5. The Morgan fingerprint density at radius 1 is 1.09 bits per heavy atom. The number of benzene rings is 1. The first-order chi connectivity index (χ1) is 16.2. The van der Waals surface area contributed by atoms with E-state index in [0.717, 1.165) is 5.56 Å². The van der Waals surface area contributed by atoms with Crippen molar-refractivity contribution >= 4 is 22.8 Å². The number of carbonyl (C=O) groups excluding carboxylic acids is 1. The Bertz CT molecular complexity index is 1450. The normalized spacial score (nSPS) is 11.5. The van der Waals surface area contributed by atoms with E-state index in [4.69, 9.17) is 0 Å². The summed E-state index contributed by atoms with van der Waals surface area (Å²) in [5.74, 6) is 0.156. The van der Waals surface area contributed by atoms with Crippen LogP contribution in [0, 0.1) is 5.92 Å². The van der Waals surface area contributed by atoms with Gasteiger partial charge in [0.25, 0.3) is 11.5 Å². The molecule has 34 heavy (non-hydrogen) atoms. The maximum atomic E-state index is 13.5. The van der Waals surface area contributed by atoms with E-state index in [9.17, 15) is 14.4 Å². The van der Waals surface area contributed by atoms with Gasteiger partial charge in [-0.2, -0.15) is 5.10 Å². The third-order valence-corrected chi connectivity index (χ3v) is 5.49. The first kappa shape index (κ1) is 23.2. The SMILES string of the molecule is CC(C)Cn1c(=O)[nH]c(=O)c2c(C(=O)Nc3ccnn3Cc3ccccc3)cc(C(C)C)nc21. The lowest BCUT2D eigenvalue weighted by molar-refractivity contribution is 0.102. The zero-order valence-electron chi connectivity index (χ0n) is 19.7. The zero-order chi connectivity index (χ0) is 24.4. The Labute approximate surface area is 196 Å². The molecule has 4 rings (SSSR count). The molecule has 1 amide bonds. The maximum Gasteiger partial charge on any atom is 0.330 e. The van der Waals surface area contributed by atoms with Gasteiger partial charge in [-0.05, 0) is 23.5 Å². The van der Waals surface area contributed by atoms with Gasteiger partial charge < -0.3 is 5.32 Å². The largest absolute Gasteiger partial charge is 0.330 e. The molecule has 0 aliphatic rings. The zero-order valence-corrected chi connectivity index (χ0v) is 19.7. The lowest BCUT2D eigenvalue weighted by Crippen LogP contribution is -2.33. The summed E-state index contributed by atoms with van der Waals surface area (Å²) in [6, 6.07) is 13.1. The minimum absolute atomic E-state index is 0.0125. The number of nitrogens with zero attached hydrogens (tertiary/aromatic N) is 4. The van der Waals surface area contributed by atoms with Gasteiger partial charge in [0.1, 0.15) is 5.82 Å². The van der Waals surface area contributed by atoms with Crippen molar-refractivity contribution in [3.05, 3.63) is 86.3 Å². The number of amides is 1. The van der Waals surface area contributed by atoms with E-state index in [1.165, 1.54) is 4.57 Å². The summed E-state index contributed by atoms with van der Waals surface area (Å²) < 4.78 is 3.11. The van der Waals surface area contributed by atoms with Gasteiger partial charge in [-0.15, -0.1) is 0 Å². The molecule has 0 spiro atoms. The first-order valence-electron chi connectivity index (χ1n) is 11.3. The van der Waals surface area contributed by atoms with E-state index < -0.39 is 17.2 Å². The van der Waals surface area contributed by atoms with Crippen LogP contribution in [0.3, 0.4) is 0 Å². The standard InChI is InChI=1S/C25H28N6O3/c1-15(2)13-30-22-21(24(33)29-25(30)34)18(12-19(27-22)16(3)4)23(32)28-20-10-11-26-31(20)14-17-8-6-5-7-9-17/h5-12,15-16H,13-14H2,1-4H3,(H,28,32)(H,29,33,34). The quantitative estimate of drug-likeness (QED) is 0.439. The molecule has 1 aromatic carbocycles. The highest BCUT2D eigenvalue weighted by atomic mass is 16.2. The van der Waals surface area contributed by atoms with Crippen molar-refractivity contribution in [3.63, 3.8) is 0 Å². The van der Waals surface area contributed by atoms with Crippen LogP contribution in [0.2, 0.25) is 0 Å². The third-order valence-electron chi connectivity index (χ3n) is 5.49. The van der Waals surface area contributed by atoms with Gasteiger partial charge in [0, 0.05) is 18.3 Å². The number of pyridine rings is 1. The molecule has 3 aromatic heterocycles. The van der Waals surface area contributed by atoms with Crippen molar-refractivity contribution in [1.82, 2.24) is 24.3 Å². The third kappa shape index (κ3) is 4.68. The lowest BCUT2D eigenvalue weighted by atomic mass is 10.0. The number of aromatic amines is 1. The fourth-order valence-corrected chi connectivity index (χ4v) is 3.81. The Morgan fingerprint density at radius 3 is 2.50 bits per heavy atom. The molecule has 0 atom stereocenters. The number of hydrogen-bond donors (Lipinski definition) is 2. The van der Waals surface area contributed by atoms with E-state index in [0.29, 0.717) is 24.6 Å². The number of nitrogens with one attached hydrogen (secondary N) is 2. The highest BCUT2D eigenvalue weighted by molar-refractivity contribution is 6.11. The van der Waals surface area contributed by atoms with E-state index >= 15 is 0 Å². The van der Waals surface area contributed by atoms with Gasteiger partial charge in [-0.25, -0.2) is 14.5 Å². The molecule has 0 radical (unpaired) electrons. The van der Waals surface area contributed by atoms with Crippen LogP contribution < -0.4 is 16.6 Å². The van der Waals surface area contributed by atoms with Gasteiger partial charge in [0.05, 0.1) is 23.7 Å². The van der Waals surface area contributed by atoms with Gasteiger partial charge >= 0.3 is 5.69 Å². The number of rotatable bonds is 7. The molecule has 9 nitrogen and oxygen atoms in total. The molecule has 0 unspecified atom stereocenters. The average Bonchev–Trinajstić information content (AvgIpc) is 3.22. The summed E-state index contributed by atoms with van der Waals surface area (Å²) in [5, 5.41) is 7.29. The molecule has 0 aliphatic heterocycles. The van der Waals surface area contributed by atoms with Crippen molar-refractivity contribution < 1.29 is 4.79 Å². The Morgan fingerprint density at radius 2 is 1.82 bits per heavy atom. The van der Waals surface area contributed by atoms with E-state index in [-0.39, 0.29) is 28.4 Å². The summed E-state index contributed by atoms with van der Waals surface area (Å²) in [5.41, 5.74) is 0.874. The van der Waals surface area contributed by atoms with Crippen LogP contribution in [-0.4, -0.2) is 30.2 Å². The Kier molecular flexibility index (Phi) is 6.45. The van der Waals surface area contributed by atoms with Crippen molar-refractivity contribution in [2.24, 2.45) is 5.92 Å². The molecule has 0 saturated carbocycles. The average molecular weight is 461 g/mol. The second-order valence-electron chi connectivity index (χ2n) is 9.03. The van der Waals surface area contributed by atoms with Gasteiger partial charge in [0.2, 0.25) is 0 Å². The summed E-state index contributed by atoms with van der Waals surface area (Å²) in [6.07, 6.45) is 1.61. The highest BCUT2D eigenvalue weighted by Crippen LogP contribution is 2.21. The van der Waals surface area contributed by atoms with E-state index in [1.54, 1.807) is 23.0 Å². The minimum Gasteiger partial charge on any atom is -0.307 e. The molecule has 0 saturated heterocycles. The molecule has 4 aromatic rings. The van der Waals surface area contributed by atoms with Crippen LogP contribution in [0.4, 0.5) is 5.82 Å². The summed E-state index contributed by atoms with van der Waals surface area (Å²) >= 11 is 0. The fraction of sp³-hybridized carbons (Fsp3) is 0.320. The summed E-state index contributed by atoms with van der Waals surface area (Å²) in [6.45, 7) is 8.68. The van der Waals surface area contributed by atoms with Crippen molar-refractivity contribution in [3.8, 4) is 0 Å². The van der Waals surface area contributed by atoms with Crippen molar-refractivity contribution in [1.29, 1.82) is 0 Å². The van der Waals surface area contributed by atoms with Crippen molar-refractivity contribution in [2.45, 2.75) is 46.7 Å². The number of hydrogen-bond acceptors (Lipinski definition) is 5. The van der Waals surface area contributed by atoms with Crippen LogP contribution in [0.25, 0.3) is 11.0 Å². The number of anilines is 1. The van der Waals surface area contributed by atoms with Gasteiger partial charge in [-0.1, -0.05) is 58.0 Å². The predicted octanol–water partition coefficient (Wildman–Crippen LogP) is 3.36. The fourth-order valence-electron chi connectivity index (χ4n) is 3.81. The van der Waals surface area contributed by atoms with Crippen molar-refractivity contribution in [2.75, 3.05) is 5.32 Å². The van der Waals surface area contributed by atoms with Gasteiger partial charge in [0.15, 0.2) is 5.65 Å². The molecule has 0 fully saturated rings. The van der Waals surface area contributed by atoms with Crippen LogP contribution >= 0.6 is 0 Å². The second kappa shape index (κ2) is 9.46. The Hall–Kier alpha value is -4.01. The van der Waals surface area contributed by atoms with Crippen LogP contribution in [0.5, 0.6) is 0 Å². The number of carbonyl (C=O) groups is 1. The lowest BCUT2D eigenvalue weighted by Gasteiger charge is -2.16. The van der Waals surface area contributed by atoms with Crippen LogP contribution in [0.1, 0.15) is 55.2 Å². The maximum absolute atomic E-state index is 13.5. The molecule has 9 heteroatoms. The molecule has 0 aliphatic carbocycles. The molecule has 3 heterocycles. The molecule has 176 valence electrons. The molecular formula is C25H28N6O3. The van der Waals surface area contributed by atoms with Crippen LogP contribution in [-0.2, 0) is 13.1 Å². The Balaban J connectivity index is 1.80. The summed E-state index contributed by atoms with van der Waals surface area (Å²) in [7, 11) is 0. The van der Waals surface area contributed by atoms with Gasteiger partial charge in [-0.3, -0.25) is 19.1 Å². The second-order valence-corrected chi connectivity index (χ2v) is 9.03. The summed E-state index contributed by atoms with van der Waals surface area (Å²) in [4.78, 5) is 45.8. The van der Waals surface area contributed by atoms with E-state index in [1.807, 2.05) is 58.0 Å². The van der Waals surface area contributed by atoms with Crippen LogP contribution in [0.15, 0.2) is 58.3 Å².